The van der Waals surface area contributed by atoms with Crippen LogP contribution in [-0.4, -0.2) is 20.1 Å². The maximum atomic E-state index is 6.10. The van der Waals surface area contributed by atoms with Crippen LogP contribution in [0.2, 0.25) is 0 Å². The monoisotopic (exact) mass is 328 g/mol. The number of ether oxygens (including phenoxy) is 3. The molecule has 4 heteroatoms. The van der Waals surface area contributed by atoms with Crippen molar-refractivity contribution in [3.63, 3.8) is 0 Å². The first kappa shape index (κ1) is 13.8. The minimum absolute atomic E-state index is 0.335. The molecule has 4 bridgehead atoms. The molecule has 0 amide bonds. The van der Waals surface area contributed by atoms with Crippen LogP contribution in [-0.2, 0) is 6.54 Å². The van der Waals surface area contributed by atoms with E-state index in [-0.39, 0.29) is 0 Å². The van der Waals surface area contributed by atoms with Crippen molar-refractivity contribution in [2.24, 2.45) is 23.2 Å². The van der Waals surface area contributed by atoms with E-state index in [2.05, 4.69) is 6.07 Å². The lowest BCUT2D eigenvalue weighted by Crippen LogP contribution is -3.13. The molecular weight excluding hydrogens is 302 g/mol. The molecule has 0 aromatic heterocycles. The Morgan fingerprint density at radius 1 is 0.875 bits per heavy atom. The van der Waals surface area contributed by atoms with Crippen LogP contribution < -0.4 is 19.1 Å². The van der Waals surface area contributed by atoms with E-state index in [1.807, 2.05) is 6.07 Å². The summed E-state index contributed by atoms with van der Waals surface area (Å²) in [6.45, 7) is 3.49. The highest BCUT2D eigenvalue weighted by Gasteiger charge is 2.52. The molecule has 0 saturated heterocycles. The van der Waals surface area contributed by atoms with Crippen LogP contribution in [0.1, 0.15) is 44.1 Å². The molecule has 4 nitrogen and oxygen atoms in total. The maximum absolute atomic E-state index is 6.10. The molecule has 24 heavy (non-hydrogen) atoms. The largest absolute Gasteiger partial charge is 0.454 e. The molecule has 4 saturated carbocycles. The van der Waals surface area contributed by atoms with Gasteiger partial charge in [0.25, 0.3) is 0 Å². The molecule has 0 radical (unpaired) electrons. The molecular formula is C20H26NO3+. The van der Waals surface area contributed by atoms with Gasteiger partial charge in [-0.2, -0.15) is 0 Å². The molecule has 1 atom stereocenters. The zero-order chi connectivity index (χ0) is 15.7. The Hall–Kier alpha value is -1.42. The highest BCUT2D eigenvalue weighted by atomic mass is 16.7. The third-order valence-corrected chi connectivity index (χ3v) is 7.22. The van der Waals surface area contributed by atoms with Crippen molar-refractivity contribution in [1.29, 1.82) is 0 Å². The van der Waals surface area contributed by atoms with Crippen LogP contribution in [0.25, 0.3) is 0 Å². The summed E-state index contributed by atoms with van der Waals surface area (Å²) in [7, 11) is 0. The Kier molecular flexibility index (Phi) is 2.77. The third kappa shape index (κ3) is 2.08. The average molecular weight is 328 g/mol. The Morgan fingerprint density at radius 3 is 2.25 bits per heavy atom. The first-order valence-corrected chi connectivity index (χ1v) is 9.64. The fourth-order valence-electron chi connectivity index (χ4n) is 6.89. The van der Waals surface area contributed by atoms with Crippen molar-refractivity contribution < 1.29 is 19.1 Å². The zero-order valence-electron chi connectivity index (χ0n) is 14.2. The number of hydrogen-bond acceptors (Lipinski definition) is 3. The van der Waals surface area contributed by atoms with Crippen LogP contribution in [0.4, 0.5) is 0 Å². The summed E-state index contributed by atoms with van der Waals surface area (Å²) in [5.74, 6) is 5.80. The summed E-state index contributed by atoms with van der Waals surface area (Å²) in [6, 6.07) is 4.15. The predicted molar refractivity (Wildman–Crippen MR) is 88.2 cm³/mol. The summed E-state index contributed by atoms with van der Waals surface area (Å²) < 4.78 is 17.1. The molecule has 1 N–H and O–H groups in total. The molecule has 2 aliphatic heterocycles. The van der Waals surface area contributed by atoms with Gasteiger partial charge in [0, 0.05) is 11.5 Å². The zero-order valence-corrected chi connectivity index (χ0v) is 14.2. The smallest absolute Gasteiger partial charge is 0.231 e. The second-order valence-electron chi connectivity index (χ2n) is 9.12. The molecule has 7 rings (SSSR count). The molecule has 0 spiro atoms. The van der Waals surface area contributed by atoms with Crippen molar-refractivity contribution in [2.45, 2.75) is 45.1 Å². The van der Waals surface area contributed by atoms with Crippen molar-refractivity contribution >= 4 is 0 Å². The average Bonchev–Trinajstić information content (AvgIpc) is 2.98. The molecule has 4 fully saturated rings. The van der Waals surface area contributed by atoms with E-state index < -0.39 is 0 Å². The number of rotatable bonds is 2. The second-order valence-corrected chi connectivity index (χ2v) is 9.12. The summed E-state index contributed by atoms with van der Waals surface area (Å²) in [5.41, 5.74) is 1.90. The summed E-state index contributed by atoms with van der Waals surface area (Å²) in [5, 5.41) is 0. The Balaban J connectivity index is 1.23. The van der Waals surface area contributed by atoms with Crippen molar-refractivity contribution in [3.05, 3.63) is 17.7 Å². The van der Waals surface area contributed by atoms with Gasteiger partial charge in [-0.25, -0.2) is 0 Å². The number of quaternary nitrogens is 1. The highest BCUT2D eigenvalue weighted by molar-refractivity contribution is 5.51. The lowest BCUT2D eigenvalue weighted by molar-refractivity contribution is -0.939. The van der Waals surface area contributed by atoms with Crippen LogP contribution in [0.15, 0.2) is 12.1 Å². The molecule has 128 valence electrons. The normalized spacial score (nSPS) is 41.2. The standard InChI is InChI=1S/C20H25NO3/c1-13-2-15-3-14(1)7-20(6-13,8-15)10-21-9-16-4-18-19(24-12-23-18)5-17(16)22-11-21/h4-5,13-15H,1-3,6-12H2/p+1. The number of fused-ring (bicyclic) bond motifs is 2. The number of nitrogens with one attached hydrogen (secondary N) is 1. The van der Waals surface area contributed by atoms with E-state index in [1.165, 1.54) is 50.6 Å². The van der Waals surface area contributed by atoms with Gasteiger partial charge in [-0.05, 0) is 62.3 Å². The van der Waals surface area contributed by atoms with Gasteiger partial charge >= 0.3 is 0 Å². The van der Waals surface area contributed by atoms with E-state index in [0.717, 1.165) is 48.3 Å². The minimum Gasteiger partial charge on any atom is -0.454 e. The quantitative estimate of drug-likeness (QED) is 0.904. The molecule has 1 aromatic rings. The van der Waals surface area contributed by atoms with Gasteiger partial charge in [-0.1, -0.05) is 0 Å². The van der Waals surface area contributed by atoms with Gasteiger partial charge in [0.1, 0.15) is 12.3 Å². The lowest BCUT2D eigenvalue weighted by atomic mass is 9.49. The second kappa shape index (κ2) is 4.81. The van der Waals surface area contributed by atoms with Gasteiger partial charge < -0.3 is 14.2 Å². The van der Waals surface area contributed by atoms with Gasteiger partial charge in [0.05, 0.1) is 12.1 Å². The topological polar surface area (TPSA) is 32.1 Å². The first-order chi connectivity index (χ1) is 11.7. The van der Waals surface area contributed by atoms with E-state index in [0.29, 0.717) is 12.2 Å². The van der Waals surface area contributed by atoms with E-state index >= 15 is 0 Å². The third-order valence-electron chi connectivity index (χ3n) is 7.22. The fraction of sp³-hybridized carbons (Fsp3) is 0.700. The van der Waals surface area contributed by atoms with E-state index in [4.69, 9.17) is 14.2 Å². The molecule has 4 aliphatic carbocycles. The lowest BCUT2D eigenvalue weighted by Gasteiger charge is -2.56. The van der Waals surface area contributed by atoms with Crippen molar-refractivity contribution in [2.75, 3.05) is 20.1 Å². The van der Waals surface area contributed by atoms with E-state index in [1.54, 1.807) is 4.90 Å². The summed E-state index contributed by atoms with van der Waals surface area (Å²) in [6.07, 6.45) is 9.02. The maximum Gasteiger partial charge on any atom is 0.231 e. The summed E-state index contributed by atoms with van der Waals surface area (Å²) >= 11 is 0. The van der Waals surface area contributed by atoms with Gasteiger partial charge in [-0.15, -0.1) is 0 Å². The Morgan fingerprint density at radius 2 is 1.54 bits per heavy atom. The molecule has 1 aromatic carbocycles. The number of hydrogen-bond donors (Lipinski definition) is 1. The highest BCUT2D eigenvalue weighted by Crippen LogP contribution is 2.59. The van der Waals surface area contributed by atoms with Crippen LogP contribution in [0, 0.1) is 23.2 Å². The first-order valence-electron chi connectivity index (χ1n) is 9.64. The molecule has 2 heterocycles. The fourth-order valence-corrected chi connectivity index (χ4v) is 6.89. The number of benzene rings is 1. The van der Waals surface area contributed by atoms with Crippen molar-refractivity contribution in [3.8, 4) is 17.2 Å². The molecule has 1 unspecified atom stereocenters. The van der Waals surface area contributed by atoms with Crippen LogP contribution in [0.5, 0.6) is 17.2 Å². The SMILES string of the molecule is c1c2c(cc3c1OCO3)OC[NH+](CC13CC4CC(CC(C4)C1)C3)C2. The minimum atomic E-state index is 0.335. The van der Waals surface area contributed by atoms with Gasteiger partial charge in [0.2, 0.25) is 13.5 Å². The van der Waals surface area contributed by atoms with E-state index in [9.17, 15) is 0 Å². The van der Waals surface area contributed by atoms with Crippen molar-refractivity contribution in [1.82, 2.24) is 0 Å². The van der Waals surface area contributed by atoms with Crippen LogP contribution >= 0.6 is 0 Å². The molecule has 6 aliphatic rings. The van der Waals surface area contributed by atoms with Gasteiger partial charge in [-0.3, -0.25) is 4.90 Å². The van der Waals surface area contributed by atoms with Gasteiger partial charge in [0.15, 0.2) is 11.5 Å². The summed E-state index contributed by atoms with van der Waals surface area (Å²) in [4.78, 5) is 1.60. The Bertz CT molecular complexity index is 650. The predicted octanol–water partition coefficient (Wildman–Crippen LogP) is 2.37. The van der Waals surface area contributed by atoms with Crippen LogP contribution in [0.3, 0.4) is 0 Å². The Labute approximate surface area is 143 Å².